The highest BCUT2D eigenvalue weighted by atomic mass is 14.9. The fourth-order valence-electron chi connectivity index (χ4n) is 6.28. The number of fused-ring (bicyclic) bond motifs is 5. The van der Waals surface area contributed by atoms with Gasteiger partial charge in [-0.15, -0.1) is 0 Å². The van der Waals surface area contributed by atoms with E-state index in [0.717, 1.165) is 6.42 Å². The molecule has 0 aromatic heterocycles. The highest BCUT2D eigenvalue weighted by Gasteiger charge is 2.67. The Morgan fingerprint density at radius 2 is 1.07 bits per heavy atom. The van der Waals surface area contributed by atoms with Crippen molar-refractivity contribution in [1.82, 2.24) is 0 Å². The first kappa shape index (κ1) is 17.7. The van der Waals surface area contributed by atoms with Crippen LogP contribution in [0.15, 0.2) is 103 Å². The maximum atomic E-state index is 7.58. The Morgan fingerprint density at radius 3 is 1.63 bits per heavy atom. The normalized spacial score (nSPS) is 22.9. The van der Waals surface area contributed by atoms with Crippen molar-refractivity contribution < 1.29 is 0 Å². The van der Waals surface area contributed by atoms with E-state index in [0.29, 0.717) is 5.92 Å². The van der Waals surface area contributed by atoms with Gasteiger partial charge in [0, 0.05) is 5.41 Å². The van der Waals surface area contributed by atoms with Crippen LogP contribution in [0, 0.1) is 5.92 Å². The van der Waals surface area contributed by atoms with Crippen molar-refractivity contribution in [2.45, 2.75) is 24.3 Å². The summed E-state index contributed by atoms with van der Waals surface area (Å²) in [6, 6.07) is 37.2. The van der Waals surface area contributed by atoms with Crippen LogP contribution in [0.1, 0.15) is 30.0 Å². The predicted octanol–water partition coefficient (Wildman–Crippen LogP) is 6.51. The quantitative estimate of drug-likeness (QED) is 0.417. The molecular formula is C29H25N. The van der Waals surface area contributed by atoms with E-state index in [4.69, 9.17) is 5.73 Å². The third kappa shape index (κ3) is 2.01. The van der Waals surface area contributed by atoms with Crippen LogP contribution in [-0.4, -0.2) is 0 Å². The maximum Gasteiger partial charge on any atom is 0.0581 e. The molecule has 0 radical (unpaired) electrons. The van der Waals surface area contributed by atoms with Gasteiger partial charge in [0.2, 0.25) is 0 Å². The molecule has 4 aromatic carbocycles. The summed E-state index contributed by atoms with van der Waals surface area (Å²) in [5.41, 5.74) is 16.1. The van der Waals surface area contributed by atoms with Gasteiger partial charge in [-0.3, -0.25) is 0 Å². The number of nitrogens with two attached hydrogens (primary N) is 1. The minimum Gasteiger partial charge on any atom is -0.320 e. The molecule has 6 rings (SSSR count). The molecule has 1 nitrogen and oxygen atoms in total. The SMILES string of the molecule is CC1CC2(c3ccccc3-c3ccccc32)C1(N)c1ccccc1-c1ccccc1. The standard InChI is InChI=1S/C29H25N/c1-20-19-28(25-16-8-6-14-23(25)24-15-7-9-17-26(24)28)29(20,30)27-18-10-5-13-22(27)21-11-3-2-4-12-21/h2-18,20H,19,30H2,1H3. The fourth-order valence-corrected chi connectivity index (χ4v) is 6.28. The molecule has 0 saturated heterocycles. The highest BCUT2D eigenvalue weighted by Crippen LogP contribution is 2.68. The zero-order chi connectivity index (χ0) is 20.3. The summed E-state index contributed by atoms with van der Waals surface area (Å²) < 4.78 is 0. The molecule has 2 aliphatic carbocycles. The predicted molar refractivity (Wildman–Crippen MR) is 124 cm³/mol. The molecule has 1 fully saturated rings. The lowest BCUT2D eigenvalue weighted by Gasteiger charge is -2.62. The zero-order valence-corrected chi connectivity index (χ0v) is 17.2. The third-order valence-electron chi connectivity index (χ3n) is 7.62. The average Bonchev–Trinajstić information content (AvgIpc) is 3.12. The summed E-state index contributed by atoms with van der Waals surface area (Å²) in [4.78, 5) is 0. The molecule has 0 bridgehead atoms. The zero-order valence-electron chi connectivity index (χ0n) is 17.2. The van der Waals surface area contributed by atoms with Gasteiger partial charge < -0.3 is 5.73 Å². The number of hydrogen-bond acceptors (Lipinski definition) is 1. The van der Waals surface area contributed by atoms with E-state index in [-0.39, 0.29) is 5.41 Å². The van der Waals surface area contributed by atoms with Gasteiger partial charge in [0.25, 0.3) is 0 Å². The smallest absolute Gasteiger partial charge is 0.0581 e. The Morgan fingerprint density at radius 1 is 0.600 bits per heavy atom. The third-order valence-corrected chi connectivity index (χ3v) is 7.62. The van der Waals surface area contributed by atoms with Crippen LogP contribution in [0.3, 0.4) is 0 Å². The first-order valence-corrected chi connectivity index (χ1v) is 10.8. The van der Waals surface area contributed by atoms with Gasteiger partial charge in [-0.1, -0.05) is 110 Å². The number of hydrogen-bond donors (Lipinski definition) is 1. The minimum atomic E-state index is -0.470. The van der Waals surface area contributed by atoms with E-state index in [1.165, 1.54) is 38.9 Å². The Bertz CT molecular complexity index is 1210. The van der Waals surface area contributed by atoms with Gasteiger partial charge in [0.05, 0.1) is 5.54 Å². The maximum absolute atomic E-state index is 7.58. The summed E-state index contributed by atoms with van der Waals surface area (Å²) in [5.74, 6) is 0.376. The van der Waals surface area contributed by atoms with Crippen LogP contribution in [0.2, 0.25) is 0 Å². The molecule has 1 spiro atoms. The highest BCUT2D eigenvalue weighted by molar-refractivity contribution is 5.84. The lowest BCUT2D eigenvalue weighted by Crippen LogP contribution is -2.68. The van der Waals surface area contributed by atoms with Gasteiger partial charge >= 0.3 is 0 Å². The van der Waals surface area contributed by atoms with Crippen molar-refractivity contribution in [1.29, 1.82) is 0 Å². The van der Waals surface area contributed by atoms with E-state index in [1.807, 2.05) is 0 Å². The molecule has 0 amide bonds. The van der Waals surface area contributed by atoms with Gasteiger partial charge in [0.1, 0.15) is 0 Å². The molecule has 30 heavy (non-hydrogen) atoms. The van der Waals surface area contributed by atoms with Gasteiger partial charge in [-0.25, -0.2) is 0 Å². The lowest BCUT2D eigenvalue weighted by molar-refractivity contribution is 0.0371. The molecular weight excluding hydrogens is 362 g/mol. The van der Waals surface area contributed by atoms with Crippen molar-refractivity contribution in [3.05, 3.63) is 120 Å². The molecule has 2 atom stereocenters. The molecule has 0 aliphatic heterocycles. The number of benzene rings is 4. The molecule has 2 unspecified atom stereocenters. The van der Waals surface area contributed by atoms with Crippen molar-refractivity contribution in [2.75, 3.05) is 0 Å². The van der Waals surface area contributed by atoms with E-state index in [2.05, 4.69) is 110 Å². The molecule has 4 aromatic rings. The summed E-state index contributed by atoms with van der Waals surface area (Å²) in [7, 11) is 0. The van der Waals surface area contributed by atoms with E-state index >= 15 is 0 Å². The molecule has 1 heteroatoms. The van der Waals surface area contributed by atoms with Crippen LogP contribution in [0.5, 0.6) is 0 Å². The second kappa shape index (κ2) is 6.17. The van der Waals surface area contributed by atoms with Gasteiger partial charge in [-0.2, -0.15) is 0 Å². The summed E-state index contributed by atoms with van der Waals surface area (Å²) in [6.45, 7) is 2.32. The first-order chi connectivity index (χ1) is 14.7. The molecule has 2 aliphatic rings. The van der Waals surface area contributed by atoms with Crippen LogP contribution < -0.4 is 5.73 Å². The first-order valence-electron chi connectivity index (χ1n) is 10.8. The number of rotatable bonds is 2. The Hall–Kier alpha value is -3.16. The monoisotopic (exact) mass is 387 g/mol. The van der Waals surface area contributed by atoms with Crippen molar-refractivity contribution >= 4 is 0 Å². The Labute approximate surface area is 178 Å². The van der Waals surface area contributed by atoms with E-state index in [9.17, 15) is 0 Å². The van der Waals surface area contributed by atoms with Crippen LogP contribution in [0.25, 0.3) is 22.3 Å². The summed E-state index contributed by atoms with van der Waals surface area (Å²) >= 11 is 0. The second-order valence-corrected chi connectivity index (χ2v) is 8.88. The summed E-state index contributed by atoms with van der Waals surface area (Å²) in [5, 5.41) is 0. The largest absolute Gasteiger partial charge is 0.320 e. The molecule has 1 saturated carbocycles. The second-order valence-electron chi connectivity index (χ2n) is 8.88. The average molecular weight is 388 g/mol. The van der Waals surface area contributed by atoms with E-state index in [1.54, 1.807) is 0 Å². The van der Waals surface area contributed by atoms with Crippen molar-refractivity contribution in [3.8, 4) is 22.3 Å². The molecule has 0 heterocycles. The molecule has 2 N–H and O–H groups in total. The van der Waals surface area contributed by atoms with Gasteiger partial charge in [-0.05, 0) is 51.3 Å². The Kier molecular flexibility index (Phi) is 3.63. The van der Waals surface area contributed by atoms with Gasteiger partial charge in [0.15, 0.2) is 0 Å². The lowest BCUT2D eigenvalue weighted by atomic mass is 9.43. The van der Waals surface area contributed by atoms with Crippen molar-refractivity contribution in [3.63, 3.8) is 0 Å². The van der Waals surface area contributed by atoms with Crippen molar-refractivity contribution in [2.24, 2.45) is 11.7 Å². The molecule has 146 valence electrons. The fraction of sp³-hybridized carbons (Fsp3) is 0.172. The minimum absolute atomic E-state index is 0.190. The summed E-state index contributed by atoms with van der Waals surface area (Å²) in [6.07, 6.45) is 1.07. The Balaban J connectivity index is 1.66. The van der Waals surface area contributed by atoms with Crippen LogP contribution in [-0.2, 0) is 11.0 Å². The van der Waals surface area contributed by atoms with Crippen LogP contribution in [0.4, 0.5) is 0 Å². The van der Waals surface area contributed by atoms with Crippen LogP contribution >= 0.6 is 0 Å². The van der Waals surface area contributed by atoms with E-state index < -0.39 is 5.54 Å². The topological polar surface area (TPSA) is 26.0 Å².